The molecule has 0 atom stereocenters. The molecule has 6 heteroatoms. The molecule has 0 unspecified atom stereocenters. The van der Waals surface area contributed by atoms with Crippen LogP contribution in [0, 0.1) is 5.92 Å². The zero-order valence-corrected chi connectivity index (χ0v) is 15.1. The lowest BCUT2D eigenvalue weighted by Gasteiger charge is -2.31. The van der Waals surface area contributed by atoms with Crippen LogP contribution >= 0.6 is 0 Å². The molecule has 1 heterocycles. The number of aryl methyl sites for hydroxylation is 1. The zero-order chi connectivity index (χ0) is 17.2. The van der Waals surface area contributed by atoms with E-state index >= 15 is 0 Å². The Morgan fingerprint density at radius 1 is 1.25 bits per heavy atom. The molecule has 24 heavy (non-hydrogen) atoms. The summed E-state index contributed by atoms with van der Waals surface area (Å²) in [6.07, 6.45) is 6.46. The Bertz CT molecular complexity index is 709. The number of carbonyl (C=O) groups excluding carboxylic acids is 1. The van der Waals surface area contributed by atoms with Crippen molar-refractivity contribution in [2.24, 2.45) is 5.92 Å². The van der Waals surface area contributed by atoms with Crippen LogP contribution in [-0.4, -0.2) is 26.6 Å². The lowest BCUT2D eigenvalue weighted by molar-refractivity contribution is -0.119. The molecular weight excluding hydrogens is 324 g/mol. The minimum Gasteiger partial charge on any atom is -0.326 e. The highest BCUT2D eigenvalue weighted by molar-refractivity contribution is 7.92. The van der Waals surface area contributed by atoms with E-state index in [9.17, 15) is 13.2 Å². The summed E-state index contributed by atoms with van der Waals surface area (Å²) >= 11 is 0. The van der Waals surface area contributed by atoms with E-state index in [-0.39, 0.29) is 17.6 Å². The molecule has 0 spiro atoms. The topological polar surface area (TPSA) is 66.5 Å². The van der Waals surface area contributed by atoms with Crippen LogP contribution in [-0.2, 0) is 21.2 Å². The molecule has 1 aromatic rings. The summed E-state index contributed by atoms with van der Waals surface area (Å²) in [6, 6.07) is 5.67. The van der Waals surface area contributed by atoms with Crippen molar-refractivity contribution in [2.45, 2.75) is 51.9 Å². The van der Waals surface area contributed by atoms with Crippen molar-refractivity contribution < 1.29 is 13.2 Å². The Hall–Kier alpha value is -1.56. The number of nitrogens with one attached hydrogen (secondary N) is 1. The van der Waals surface area contributed by atoms with Crippen LogP contribution in [0.2, 0.25) is 0 Å². The molecule has 0 saturated heterocycles. The fourth-order valence-electron chi connectivity index (χ4n) is 3.71. The van der Waals surface area contributed by atoms with Gasteiger partial charge in [-0.15, -0.1) is 0 Å². The number of benzene rings is 1. The average Bonchev–Trinajstić information content (AvgIpc) is 3.08. The van der Waals surface area contributed by atoms with Gasteiger partial charge in [0.25, 0.3) is 0 Å². The van der Waals surface area contributed by atoms with Gasteiger partial charge < -0.3 is 5.32 Å². The first-order chi connectivity index (χ1) is 11.5. The summed E-state index contributed by atoms with van der Waals surface area (Å²) in [5.41, 5.74) is 2.47. The van der Waals surface area contributed by atoms with Crippen LogP contribution in [0.3, 0.4) is 0 Å². The van der Waals surface area contributed by atoms with E-state index in [1.807, 2.05) is 25.1 Å². The first-order valence-electron chi connectivity index (χ1n) is 8.95. The minimum atomic E-state index is -3.29. The van der Waals surface area contributed by atoms with Gasteiger partial charge in [-0.05, 0) is 49.8 Å². The molecule has 1 aliphatic heterocycles. The number of hydrogen-bond acceptors (Lipinski definition) is 3. The molecule has 3 rings (SSSR count). The molecule has 1 fully saturated rings. The third-order valence-corrected chi connectivity index (χ3v) is 6.93. The number of amides is 1. The van der Waals surface area contributed by atoms with Crippen molar-refractivity contribution in [1.29, 1.82) is 0 Å². The summed E-state index contributed by atoms with van der Waals surface area (Å²) in [6.45, 7) is 2.40. The largest absolute Gasteiger partial charge is 0.326 e. The average molecular weight is 350 g/mol. The zero-order valence-electron chi connectivity index (χ0n) is 14.3. The number of hydrogen-bond donors (Lipinski definition) is 1. The first-order valence-corrected chi connectivity index (χ1v) is 10.6. The van der Waals surface area contributed by atoms with Gasteiger partial charge in [0.15, 0.2) is 0 Å². The Balaban J connectivity index is 1.83. The molecule has 1 amide bonds. The highest BCUT2D eigenvalue weighted by atomic mass is 32.2. The van der Waals surface area contributed by atoms with Gasteiger partial charge in [-0.1, -0.05) is 25.8 Å². The normalized spacial score (nSPS) is 18.5. The van der Waals surface area contributed by atoms with Gasteiger partial charge in [0.1, 0.15) is 0 Å². The van der Waals surface area contributed by atoms with Crippen LogP contribution in [0.25, 0.3) is 0 Å². The lowest BCUT2D eigenvalue weighted by atomic mass is 10.0. The summed E-state index contributed by atoms with van der Waals surface area (Å²) < 4.78 is 26.6. The van der Waals surface area contributed by atoms with E-state index in [0.717, 1.165) is 49.8 Å². The molecule has 0 radical (unpaired) electrons. The van der Waals surface area contributed by atoms with Crippen molar-refractivity contribution in [3.63, 3.8) is 0 Å². The SMILES string of the molecule is CCCS(=O)(=O)N1CCCc2ccc(NC(=O)C3CCCC3)cc21. The standard InChI is InChI=1S/C18H26N2O3S/c1-2-12-24(22,23)20-11-5-8-14-9-10-16(13-17(14)20)19-18(21)15-6-3-4-7-15/h9-10,13,15H,2-8,11-12H2,1H3,(H,19,21). The van der Waals surface area contributed by atoms with Gasteiger partial charge in [0.2, 0.25) is 15.9 Å². The van der Waals surface area contributed by atoms with Crippen LogP contribution < -0.4 is 9.62 Å². The van der Waals surface area contributed by atoms with Gasteiger partial charge in [-0.3, -0.25) is 9.10 Å². The quantitative estimate of drug-likeness (QED) is 0.886. The van der Waals surface area contributed by atoms with Gasteiger partial charge in [-0.2, -0.15) is 0 Å². The maximum absolute atomic E-state index is 12.5. The van der Waals surface area contributed by atoms with E-state index in [4.69, 9.17) is 0 Å². The fourth-order valence-corrected chi connectivity index (χ4v) is 5.32. The number of rotatable bonds is 5. The Morgan fingerprint density at radius 2 is 2.00 bits per heavy atom. The Labute approximate surface area is 144 Å². The van der Waals surface area contributed by atoms with Crippen molar-refractivity contribution in [3.8, 4) is 0 Å². The second kappa shape index (κ2) is 7.13. The minimum absolute atomic E-state index is 0.0613. The van der Waals surface area contributed by atoms with Crippen molar-refractivity contribution in [3.05, 3.63) is 23.8 Å². The summed E-state index contributed by atoms with van der Waals surface area (Å²) in [4.78, 5) is 12.3. The van der Waals surface area contributed by atoms with E-state index in [2.05, 4.69) is 5.32 Å². The molecule has 1 saturated carbocycles. The first kappa shape index (κ1) is 17.3. The Morgan fingerprint density at radius 3 is 2.71 bits per heavy atom. The molecule has 5 nitrogen and oxygen atoms in total. The lowest BCUT2D eigenvalue weighted by Crippen LogP contribution is -2.37. The van der Waals surface area contributed by atoms with Gasteiger partial charge >= 0.3 is 0 Å². The van der Waals surface area contributed by atoms with Gasteiger partial charge in [-0.25, -0.2) is 8.42 Å². The van der Waals surface area contributed by atoms with E-state index in [1.54, 1.807) is 0 Å². The van der Waals surface area contributed by atoms with Crippen LogP contribution in [0.15, 0.2) is 18.2 Å². The maximum Gasteiger partial charge on any atom is 0.235 e. The van der Waals surface area contributed by atoms with Crippen molar-refractivity contribution >= 4 is 27.3 Å². The van der Waals surface area contributed by atoms with Gasteiger partial charge in [0, 0.05) is 18.2 Å². The highest BCUT2D eigenvalue weighted by Crippen LogP contribution is 2.33. The van der Waals surface area contributed by atoms with E-state index < -0.39 is 10.0 Å². The number of nitrogens with zero attached hydrogens (tertiary/aromatic N) is 1. The molecule has 0 bridgehead atoms. The highest BCUT2D eigenvalue weighted by Gasteiger charge is 2.28. The predicted octanol–water partition coefficient (Wildman–Crippen LogP) is 3.31. The molecule has 1 N–H and O–H groups in total. The number of sulfonamides is 1. The number of anilines is 2. The summed E-state index contributed by atoms with van der Waals surface area (Å²) in [7, 11) is -3.29. The number of carbonyl (C=O) groups is 1. The molecule has 1 aromatic carbocycles. The van der Waals surface area contributed by atoms with Gasteiger partial charge in [0.05, 0.1) is 11.4 Å². The van der Waals surface area contributed by atoms with E-state index in [0.29, 0.717) is 18.7 Å². The van der Waals surface area contributed by atoms with Crippen LogP contribution in [0.4, 0.5) is 11.4 Å². The maximum atomic E-state index is 12.5. The molecular formula is C18H26N2O3S. The summed E-state index contributed by atoms with van der Waals surface area (Å²) in [5.74, 6) is 0.317. The summed E-state index contributed by atoms with van der Waals surface area (Å²) in [5, 5.41) is 2.98. The fraction of sp³-hybridized carbons (Fsp3) is 0.611. The molecule has 1 aliphatic carbocycles. The monoisotopic (exact) mass is 350 g/mol. The van der Waals surface area contributed by atoms with Crippen molar-refractivity contribution in [1.82, 2.24) is 0 Å². The van der Waals surface area contributed by atoms with E-state index in [1.165, 1.54) is 4.31 Å². The molecule has 2 aliphatic rings. The Kier molecular flexibility index (Phi) is 5.13. The van der Waals surface area contributed by atoms with Crippen molar-refractivity contribution in [2.75, 3.05) is 21.9 Å². The second-order valence-corrected chi connectivity index (χ2v) is 8.82. The third kappa shape index (κ3) is 3.58. The molecule has 132 valence electrons. The molecule has 0 aromatic heterocycles. The second-order valence-electron chi connectivity index (χ2n) is 6.81. The van der Waals surface area contributed by atoms with Crippen LogP contribution in [0.5, 0.6) is 0 Å². The smallest absolute Gasteiger partial charge is 0.235 e. The van der Waals surface area contributed by atoms with Crippen LogP contribution in [0.1, 0.15) is 51.0 Å². The predicted molar refractivity (Wildman–Crippen MR) is 96.8 cm³/mol. The third-order valence-electron chi connectivity index (χ3n) is 4.95. The number of fused-ring (bicyclic) bond motifs is 1.